The van der Waals surface area contributed by atoms with Gasteiger partial charge in [0.25, 0.3) is 0 Å². The molecule has 0 spiro atoms. The molecule has 5 nitrogen and oxygen atoms in total. The number of rotatable bonds is 6. The fraction of sp³-hybridized carbons (Fsp3) is 0.167. The summed E-state index contributed by atoms with van der Waals surface area (Å²) >= 11 is 1.17. The number of hydrogen-bond acceptors (Lipinski definition) is 6. The number of hydrogen-bond donors (Lipinski definition) is 1. The van der Waals surface area contributed by atoms with Crippen molar-refractivity contribution in [1.29, 1.82) is 0 Å². The van der Waals surface area contributed by atoms with Crippen molar-refractivity contribution in [3.8, 4) is 0 Å². The van der Waals surface area contributed by atoms with Gasteiger partial charge < -0.3 is 5.32 Å². The molecule has 2 aromatic rings. The smallest absolute Gasteiger partial charge is 0.204 e. The number of allylic oxidation sites excluding steroid dienone is 1. The Labute approximate surface area is 177 Å². The molecular formula is C24H21N3O2S. The third-order valence-corrected chi connectivity index (χ3v) is 5.81. The van der Waals surface area contributed by atoms with Crippen molar-refractivity contribution < 1.29 is 0 Å². The van der Waals surface area contributed by atoms with Crippen LogP contribution in [-0.2, 0) is 6.54 Å². The monoisotopic (exact) mass is 415 g/mol. The van der Waals surface area contributed by atoms with Gasteiger partial charge in [0.05, 0.1) is 15.4 Å². The molecule has 1 heterocycles. The molecule has 2 aliphatic rings. The molecule has 0 saturated carbocycles. The van der Waals surface area contributed by atoms with Gasteiger partial charge in [-0.15, -0.1) is 10.2 Å². The van der Waals surface area contributed by atoms with Crippen molar-refractivity contribution in [3.63, 3.8) is 0 Å². The molecule has 0 unspecified atom stereocenters. The minimum atomic E-state index is -0.188. The van der Waals surface area contributed by atoms with Crippen molar-refractivity contribution in [2.45, 2.75) is 26.3 Å². The van der Waals surface area contributed by atoms with Crippen molar-refractivity contribution in [1.82, 2.24) is 10.2 Å². The number of anilines is 1. The molecule has 6 heteroatoms. The maximum absolute atomic E-state index is 13.3. The molecule has 0 bridgehead atoms. The van der Waals surface area contributed by atoms with Crippen LogP contribution in [0.25, 0.3) is 16.8 Å². The lowest BCUT2D eigenvalue weighted by Gasteiger charge is -2.02. The molecule has 30 heavy (non-hydrogen) atoms. The second kappa shape index (κ2) is 8.97. The van der Waals surface area contributed by atoms with Crippen LogP contribution >= 0.6 is 11.3 Å². The van der Waals surface area contributed by atoms with E-state index in [1.165, 1.54) is 11.3 Å². The highest BCUT2D eigenvalue weighted by Crippen LogP contribution is 2.16. The Hall–Kier alpha value is -3.38. The summed E-state index contributed by atoms with van der Waals surface area (Å²) in [5.41, 5.74) is 1.16. The van der Waals surface area contributed by atoms with Crippen molar-refractivity contribution in [2.24, 2.45) is 0 Å². The van der Waals surface area contributed by atoms with Gasteiger partial charge in [0.15, 0.2) is 5.43 Å². The van der Waals surface area contributed by atoms with Gasteiger partial charge in [-0.25, -0.2) is 0 Å². The third-order valence-electron chi connectivity index (χ3n) is 4.80. The molecule has 1 N–H and O–H groups in total. The molecule has 2 aromatic carbocycles. The van der Waals surface area contributed by atoms with Crippen molar-refractivity contribution in [2.75, 3.05) is 5.32 Å². The van der Waals surface area contributed by atoms with Gasteiger partial charge in [-0.2, -0.15) is 0 Å². The molecule has 4 rings (SSSR count). The van der Waals surface area contributed by atoms with Crippen LogP contribution in [-0.4, -0.2) is 10.2 Å². The average Bonchev–Trinajstić information content (AvgIpc) is 2.97. The van der Waals surface area contributed by atoms with Crippen LogP contribution in [0.5, 0.6) is 0 Å². The largest absolute Gasteiger partial charge is 0.356 e. The zero-order chi connectivity index (χ0) is 20.9. The Balaban J connectivity index is 1.96. The average molecular weight is 416 g/mol. The fourth-order valence-corrected chi connectivity index (χ4v) is 4.19. The van der Waals surface area contributed by atoms with E-state index < -0.39 is 0 Å². The van der Waals surface area contributed by atoms with Gasteiger partial charge in [0.1, 0.15) is 0 Å². The fourth-order valence-electron chi connectivity index (χ4n) is 3.27. The number of benzene rings is 2. The summed E-state index contributed by atoms with van der Waals surface area (Å²) in [4.78, 5) is 26.5. The molecule has 1 aliphatic heterocycles. The lowest BCUT2D eigenvalue weighted by atomic mass is 10.1. The minimum absolute atomic E-state index is 0.169. The predicted molar refractivity (Wildman–Crippen MR) is 123 cm³/mol. The van der Waals surface area contributed by atoms with Crippen molar-refractivity contribution in [3.05, 3.63) is 102 Å². The Bertz CT molecular complexity index is 1400. The van der Waals surface area contributed by atoms with Gasteiger partial charge in [0.2, 0.25) is 10.6 Å². The second-order valence-electron chi connectivity index (χ2n) is 6.93. The molecule has 0 radical (unpaired) electrons. The van der Waals surface area contributed by atoms with E-state index in [0.29, 0.717) is 37.9 Å². The Morgan fingerprint density at radius 2 is 1.63 bits per heavy atom. The molecular weight excluding hydrogens is 394 g/mol. The zero-order valence-electron chi connectivity index (χ0n) is 16.6. The van der Waals surface area contributed by atoms with Crippen LogP contribution in [0, 0.1) is 9.75 Å². The Morgan fingerprint density at radius 1 is 0.933 bits per heavy atom. The number of nitrogens with one attached hydrogen (secondary N) is 1. The lowest BCUT2D eigenvalue weighted by Crippen LogP contribution is -2.14. The van der Waals surface area contributed by atoms with Crippen LogP contribution in [0.1, 0.15) is 31.0 Å². The van der Waals surface area contributed by atoms with Gasteiger partial charge in [-0.1, -0.05) is 85.4 Å². The molecule has 0 atom stereocenters. The first-order valence-corrected chi connectivity index (χ1v) is 10.7. The Morgan fingerprint density at radius 3 is 2.37 bits per heavy atom. The first-order valence-electron chi connectivity index (χ1n) is 9.90. The van der Waals surface area contributed by atoms with Gasteiger partial charge >= 0.3 is 0 Å². The van der Waals surface area contributed by atoms with E-state index in [1.807, 2.05) is 36.4 Å². The van der Waals surface area contributed by atoms with Crippen LogP contribution in [0.3, 0.4) is 0 Å². The summed E-state index contributed by atoms with van der Waals surface area (Å²) in [5, 5.41) is 13.6. The summed E-state index contributed by atoms with van der Waals surface area (Å²) < 4.78 is 0.371. The molecule has 0 amide bonds. The van der Waals surface area contributed by atoms with Gasteiger partial charge in [-0.05, 0) is 18.1 Å². The molecule has 0 saturated heterocycles. The number of unbranched alkanes of at least 4 members (excludes halogenated alkanes) is 1. The van der Waals surface area contributed by atoms with Crippen LogP contribution < -0.4 is 16.2 Å². The first-order chi connectivity index (χ1) is 14.7. The maximum Gasteiger partial charge on any atom is 0.204 e. The minimum Gasteiger partial charge on any atom is -0.356 e. The summed E-state index contributed by atoms with van der Waals surface area (Å²) in [6, 6.07) is 16.8. The molecule has 0 aromatic heterocycles. The van der Waals surface area contributed by atoms with Gasteiger partial charge in [-0.3, -0.25) is 9.59 Å². The molecule has 150 valence electrons. The normalized spacial score (nSPS) is 11.4. The van der Waals surface area contributed by atoms with Crippen LogP contribution in [0.2, 0.25) is 0 Å². The first kappa shape index (κ1) is 19.9. The van der Waals surface area contributed by atoms with E-state index in [1.54, 1.807) is 30.3 Å². The highest BCUT2D eigenvalue weighted by Gasteiger charge is 2.12. The highest BCUT2D eigenvalue weighted by atomic mass is 32.1. The highest BCUT2D eigenvalue weighted by molar-refractivity contribution is 7.13. The summed E-state index contributed by atoms with van der Waals surface area (Å²) in [6.07, 6.45) is 5.59. The summed E-state index contributed by atoms with van der Waals surface area (Å²) in [6.45, 7) is 2.62. The van der Waals surface area contributed by atoms with E-state index in [0.717, 1.165) is 18.4 Å². The third kappa shape index (κ3) is 4.00. The summed E-state index contributed by atoms with van der Waals surface area (Å²) in [7, 11) is 0. The molecule has 0 fully saturated rings. The standard InChI is InChI=1S/C24H21N3O2S/c1-2-3-5-14-19-20-21(28)17-12-8-9-13-18(17)22(29)23(20)30-24(27-26-19)25-15-16-10-6-4-7-11-16/h4-14H,2-3,15H2,1H3,(H,25,27)/b14-5+. The maximum atomic E-state index is 13.3. The van der Waals surface area contributed by atoms with Crippen molar-refractivity contribution >= 4 is 33.3 Å². The van der Waals surface area contributed by atoms with Crippen LogP contribution in [0.4, 0.5) is 5.13 Å². The van der Waals surface area contributed by atoms with E-state index in [4.69, 9.17) is 0 Å². The number of fused-ring (bicyclic) bond motifs is 1. The molecule has 1 aliphatic carbocycles. The van der Waals surface area contributed by atoms with E-state index in [9.17, 15) is 9.59 Å². The predicted octanol–water partition coefficient (Wildman–Crippen LogP) is 4.56. The number of aromatic nitrogens is 2. The Kier molecular flexibility index (Phi) is 5.95. The quantitative estimate of drug-likeness (QED) is 0.500. The van der Waals surface area contributed by atoms with E-state index in [-0.39, 0.29) is 10.9 Å². The topological polar surface area (TPSA) is 72.0 Å². The SMILES string of the molecule is CCC/C=C/c1nnc(NCc2ccccc2)sc2c(=O)c3ccccc3c(=O)c1=2. The number of nitrogens with zero attached hydrogens (tertiary/aromatic N) is 2. The van der Waals surface area contributed by atoms with E-state index >= 15 is 0 Å². The van der Waals surface area contributed by atoms with Gasteiger partial charge in [0, 0.05) is 17.3 Å². The second-order valence-corrected chi connectivity index (χ2v) is 7.93. The summed E-state index contributed by atoms with van der Waals surface area (Å²) in [5.74, 6) is 0. The van der Waals surface area contributed by atoms with Crippen LogP contribution in [0.15, 0.2) is 70.3 Å². The zero-order valence-corrected chi connectivity index (χ0v) is 17.4. The lowest BCUT2D eigenvalue weighted by molar-refractivity contribution is 0.959. The van der Waals surface area contributed by atoms with E-state index in [2.05, 4.69) is 22.4 Å².